The second-order valence-corrected chi connectivity index (χ2v) is 6.08. The summed E-state index contributed by atoms with van der Waals surface area (Å²) >= 11 is 7.52. The number of carbonyl (C=O) groups is 1. The van der Waals surface area contributed by atoms with E-state index in [0.29, 0.717) is 16.3 Å². The van der Waals surface area contributed by atoms with Crippen LogP contribution >= 0.6 is 23.4 Å². The first-order valence-electron chi connectivity index (χ1n) is 6.82. The number of carbonyl (C=O) groups excluding carboxylic acids is 1. The number of nitrogens with zero attached hydrogens (tertiary/aromatic N) is 1. The molecule has 116 valence electrons. The van der Waals surface area contributed by atoms with Gasteiger partial charge in [-0.15, -0.1) is 11.8 Å². The maximum absolute atomic E-state index is 11.8. The Morgan fingerprint density at radius 1 is 1.27 bits per heavy atom. The third-order valence-corrected chi connectivity index (χ3v) is 4.36. The first kappa shape index (κ1) is 16.8. The third-order valence-electron chi connectivity index (χ3n) is 3.01. The average Bonchev–Trinajstić information content (AvgIpc) is 2.54. The van der Waals surface area contributed by atoms with Crippen molar-refractivity contribution < 1.29 is 9.90 Å². The molecule has 2 aromatic rings. The lowest BCUT2D eigenvalue weighted by Gasteiger charge is -2.13. The second-order valence-electron chi connectivity index (χ2n) is 4.69. The summed E-state index contributed by atoms with van der Waals surface area (Å²) in [4.78, 5) is 15.7. The molecule has 2 N–H and O–H groups in total. The van der Waals surface area contributed by atoms with Gasteiger partial charge >= 0.3 is 0 Å². The van der Waals surface area contributed by atoms with Crippen LogP contribution in [0.3, 0.4) is 0 Å². The number of aliphatic hydroxyl groups excluding tert-OH is 1. The number of nitrogens with one attached hydrogen (secondary N) is 1. The molecule has 1 atom stereocenters. The van der Waals surface area contributed by atoms with Crippen molar-refractivity contribution in [1.29, 1.82) is 0 Å². The van der Waals surface area contributed by atoms with Crippen molar-refractivity contribution in [1.82, 2.24) is 10.3 Å². The minimum Gasteiger partial charge on any atom is -0.387 e. The molecule has 0 saturated heterocycles. The van der Waals surface area contributed by atoms with Crippen molar-refractivity contribution in [2.45, 2.75) is 11.9 Å². The SMILES string of the molecule is O=C(CSCc1ccncc1)NC[C@@H](O)c1ccccc1Cl. The Bertz CT molecular complexity index is 610. The zero-order chi connectivity index (χ0) is 15.8. The molecule has 0 unspecified atom stereocenters. The van der Waals surface area contributed by atoms with Crippen molar-refractivity contribution >= 4 is 29.3 Å². The fourth-order valence-corrected chi connectivity index (χ4v) is 2.94. The molecule has 0 bridgehead atoms. The number of aromatic nitrogens is 1. The van der Waals surface area contributed by atoms with Crippen LogP contribution in [0.5, 0.6) is 0 Å². The van der Waals surface area contributed by atoms with Crippen LogP contribution in [0.2, 0.25) is 5.02 Å². The van der Waals surface area contributed by atoms with Gasteiger partial charge in [-0.05, 0) is 23.8 Å². The van der Waals surface area contributed by atoms with Gasteiger partial charge in [-0.3, -0.25) is 9.78 Å². The number of rotatable bonds is 7. The molecule has 0 fully saturated rings. The number of hydrogen-bond donors (Lipinski definition) is 2. The van der Waals surface area contributed by atoms with E-state index in [0.717, 1.165) is 11.3 Å². The lowest BCUT2D eigenvalue weighted by Crippen LogP contribution is -2.29. The lowest BCUT2D eigenvalue weighted by molar-refractivity contribution is -0.119. The molecular formula is C16H17ClN2O2S. The van der Waals surface area contributed by atoms with E-state index in [9.17, 15) is 9.90 Å². The fraction of sp³-hybridized carbons (Fsp3) is 0.250. The highest BCUT2D eigenvalue weighted by Gasteiger charge is 2.12. The van der Waals surface area contributed by atoms with Crippen molar-refractivity contribution in [3.63, 3.8) is 0 Å². The molecule has 1 aromatic heterocycles. The smallest absolute Gasteiger partial charge is 0.230 e. The Balaban J connectivity index is 1.70. The van der Waals surface area contributed by atoms with Gasteiger partial charge < -0.3 is 10.4 Å². The fourth-order valence-electron chi connectivity index (χ4n) is 1.86. The first-order valence-corrected chi connectivity index (χ1v) is 8.36. The van der Waals surface area contributed by atoms with Crippen LogP contribution in [0.1, 0.15) is 17.2 Å². The molecule has 2 rings (SSSR count). The standard InChI is InChI=1S/C16H17ClN2O2S/c17-14-4-2-1-3-13(14)15(20)9-19-16(21)11-22-10-12-5-7-18-8-6-12/h1-8,15,20H,9-11H2,(H,19,21)/t15-/m1/s1. The van der Waals surface area contributed by atoms with Crippen molar-refractivity contribution in [2.75, 3.05) is 12.3 Å². The number of benzene rings is 1. The van der Waals surface area contributed by atoms with E-state index < -0.39 is 6.10 Å². The molecule has 0 aliphatic rings. The molecule has 0 aliphatic carbocycles. The molecule has 1 amide bonds. The summed E-state index contributed by atoms with van der Waals surface area (Å²) in [6.45, 7) is 0.151. The summed E-state index contributed by atoms with van der Waals surface area (Å²) in [7, 11) is 0. The Kier molecular flexibility index (Phi) is 6.71. The van der Waals surface area contributed by atoms with Gasteiger partial charge in [-0.25, -0.2) is 0 Å². The number of amides is 1. The summed E-state index contributed by atoms with van der Waals surface area (Å²) in [5, 5.41) is 13.3. The summed E-state index contributed by atoms with van der Waals surface area (Å²) < 4.78 is 0. The summed E-state index contributed by atoms with van der Waals surface area (Å²) in [5.41, 5.74) is 1.75. The number of pyridine rings is 1. The second kappa shape index (κ2) is 8.78. The van der Waals surface area contributed by atoms with Gasteiger partial charge in [0.2, 0.25) is 5.91 Å². The van der Waals surface area contributed by atoms with Gasteiger partial charge in [0.25, 0.3) is 0 Å². The summed E-state index contributed by atoms with van der Waals surface area (Å²) in [5.74, 6) is 0.991. The van der Waals surface area contributed by atoms with Crippen LogP contribution in [0.15, 0.2) is 48.8 Å². The van der Waals surface area contributed by atoms with Gasteiger partial charge in [-0.2, -0.15) is 0 Å². The van der Waals surface area contributed by atoms with Gasteiger partial charge in [-0.1, -0.05) is 29.8 Å². The van der Waals surface area contributed by atoms with E-state index in [4.69, 9.17) is 11.6 Å². The summed E-state index contributed by atoms with van der Waals surface area (Å²) in [6.07, 6.45) is 2.66. The average molecular weight is 337 g/mol. The number of aliphatic hydroxyl groups is 1. The van der Waals surface area contributed by atoms with Crippen LogP contribution in [-0.4, -0.2) is 28.3 Å². The van der Waals surface area contributed by atoms with Gasteiger partial charge in [0.1, 0.15) is 0 Å². The molecule has 0 saturated carbocycles. The zero-order valence-electron chi connectivity index (χ0n) is 11.9. The van der Waals surface area contributed by atoms with E-state index in [1.54, 1.807) is 36.7 Å². The van der Waals surface area contributed by atoms with E-state index >= 15 is 0 Å². The number of hydrogen-bond acceptors (Lipinski definition) is 4. The normalized spacial score (nSPS) is 11.9. The largest absolute Gasteiger partial charge is 0.387 e. The van der Waals surface area contributed by atoms with Crippen LogP contribution in [-0.2, 0) is 10.5 Å². The molecule has 0 aliphatic heterocycles. The van der Waals surface area contributed by atoms with Crippen molar-refractivity contribution in [3.8, 4) is 0 Å². The van der Waals surface area contributed by atoms with E-state index in [-0.39, 0.29) is 12.5 Å². The highest BCUT2D eigenvalue weighted by atomic mass is 35.5. The Morgan fingerprint density at radius 3 is 2.73 bits per heavy atom. The van der Waals surface area contributed by atoms with Gasteiger partial charge in [0, 0.05) is 35.3 Å². The van der Waals surface area contributed by atoms with Crippen LogP contribution in [0.4, 0.5) is 0 Å². The number of halogens is 1. The first-order chi connectivity index (χ1) is 10.7. The van der Waals surface area contributed by atoms with Gasteiger partial charge in [0.05, 0.1) is 11.9 Å². The molecule has 6 heteroatoms. The maximum atomic E-state index is 11.8. The lowest BCUT2D eigenvalue weighted by atomic mass is 10.1. The molecule has 4 nitrogen and oxygen atoms in total. The highest BCUT2D eigenvalue weighted by Crippen LogP contribution is 2.21. The van der Waals surface area contributed by atoms with Gasteiger partial charge in [0.15, 0.2) is 0 Å². The predicted octanol–water partition coefficient (Wildman–Crippen LogP) is 2.82. The van der Waals surface area contributed by atoms with E-state index in [1.807, 2.05) is 12.1 Å². The predicted molar refractivity (Wildman–Crippen MR) is 89.8 cm³/mol. The van der Waals surface area contributed by atoms with Crippen molar-refractivity contribution in [2.24, 2.45) is 0 Å². The maximum Gasteiger partial charge on any atom is 0.230 e. The molecule has 1 aromatic carbocycles. The minimum absolute atomic E-state index is 0.106. The topological polar surface area (TPSA) is 62.2 Å². The molecule has 22 heavy (non-hydrogen) atoms. The molecule has 0 spiro atoms. The quantitative estimate of drug-likeness (QED) is 0.816. The van der Waals surface area contributed by atoms with Crippen LogP contribution < -0.4 is 5.32 Å². The minimum atomic E-state index is -0.803. The van der Waals surface area contributed by atoms with E-state index in [2.05, 4.69) is 10.3 Å². The highest BCUT2D eigenvalue weighted by molar-refractivity contribution is 7.99. The number of thioether (sulfide) groups is 1. The molecule has 0 radical (unpaired) electrons. The Morgan fingerprint density at radius 2 is 2.00 bits per heavy atom. The molecular weight excluding hydrogens is 320 g/mol. The van der Waals surface area contributed by atoms with Crippen LogP contribution in [0.25, 0.3) is 0 Å². The summed E-state index contributed by atoms with van der Waals surface area (Å²) in [6, 6.07) is 10.9. The monoisotopic (exact) mass is 336 g/mol. The third kappa shape index (κ3) is 5.33. The zero-order valence-corrected chi connectivity index (χ0v) is 13.5. The Hall–Kier alpha value is -1.56. The Labute approximate surface area is 138 Å². The van der Waals surface area contributed by atoms with Crippen LogP contribution in [0, 0.1) is 0 Å². The van der Waals surface area contributed by atoms with Crippen molar-refractivity contribution in [3.05, 3.63) is 64.9 Å². The molecule has 1 heterocycles. The van der Waals surface area contributed by atoms with E-state index in [1.165, 1.54) is 11.8 Å².